The number of benzene rings is 15. The average molecular weight is 1370 g/mol. The number of nitrogens with one attached hydrogen (secondary N) is 1. The Labute approximate surface area is 598 Å². The van der Waals surface area contributed by atoms with Crippen LogP contribution in [0.1, 0.15) is 11.3 Å². The van der Waals surface area contributed by atoms with E-state index in [-0.39, 0.29) is 5.28 Å². The van der Waals surface area contributed by atoms with Crippen molar-refractivity contribution in [2.24, 2.45) is 0 Å². The number of thiophene rings is 2. The minimum Gasteiger partial charge on any atom is -0.438 e. The molecular formula is C92H50ClN6O2S2+. The molecule has 1 N–H and O–H groups in total. The van der Waals surface area contributed by atoms with E-state index in [0.717, 1.165) is 77.3 Å². The third-order valence-electron chi connectivity index (χ3n) is 20.8. The van der Waals surface area contributed by atoms with Crippen LogP contribution >= 0.6 is 34.3 Å². The zero-order chi connectivity index (χ0) is 67.5. The van der Waals surface area contributed by atoms with Crippen molar-refractivity contribution in [3.8, 4) is 28.5 Å². The van der Waals surface area contributed by atoms with Crippen molar-refractivity contribution >= 4 is 228 Å². The second-order valence-corrected chi connectivity index (χ2v) is 28.8. The molecule has 0 saturated heterocycles. The Morgan fingerprint density at radius 3 is 1.44 bits per heavy atom. The summed E-state index contributed by atoms with van der Waals surface area (Å²) in [5.41, 5.74) is 12.2. The molecule has 15 aromatic carbocycles. The fraction of sp³-hybridized carbons (Fsp3) is 0. The molecule has 24 rings (SSSR count). The number of halogens is 1. The van der Waals surface area contributed by atoms with Gasteiger partial charge in [0.1, 0.15) is 28.9 Å². The van der Waals surface area contributed by atoms with Crippen molar-refractivity contribution in [1.82, 2.24) is 29.5 Å². The number of aromatic amines is 1. The molecule has 478 valence electrons. The Morgan fingerprint density at radius 1 is 0.369 bits per heavy atom. The van der Waals surface area contributed by atoms with E-state index in [1.54, 1.807) is 0 Å². The summed E-state index contributed by atoms with van der Waals surface area (Å²) in [5.74, 6) is 0.593. The molecule has 8 aromatic heterocycles. The lowest BCUT2D eigenvalue weighted by Crippen LogP contribution is -2.03. The van der Waals surface area contributed by atoms with Gasteiger partial charge in [0.25, 0.3) is 0 Å². The first-order chi connectivity index (χ1) is 51.0. The topological polar surface area (TPSA) is 98.6 Å². The smallest absolute Gasteiger partial charge is 0.238 e. The van der Waals surface area contributed by atoms with Crippen LogP contribution in [-0.2, 0) is 0 Å². The molecule has 8 nitrogen and oxygen atoms in total. The molecule has 0 amide bonds. The number of H-pyrrole nitrogens is 1. The lowest BCUT2D eigenvalue weighted by Gasteiger charge is -2.12. The number of nitrogens with zero attached hydrogens (tertiary/aromatic N) is 5. The van der Waals surface area contributed by atoms with Crippen LogP contribution in [0.3, 0.4) is 0 Å². The van der Waals surface area contributed by atoms with Crippen LogP contribution in [0.5, 0.6) is 0 Å². The van der Waals surface area contributed by atoms with E-state index >= 15 is 0 Å². The van der Waals surface area contributed by atoms with Gasteiger partial charge in [-0.3, -0.25) is 9.55 Å². The van der Waals surface area contributed by atoms with Gasteiger partial charge in [0.05, 0.1) is 54.2 Å². The van der Waals surface area contributed by atoms with Crippen molar-refractivity contribution in [2.75, 3.05) is 0 Å². The van der Waals surface area contributed by atoms with Crippen LogP contribution in [-0.4, -0.2) is 29.5 Å². The molecule has 0 saturated carbocycles. The lowest BCUT2D eigenvalue weighted by molar-refractivity contribution is 0.651. The van der Waals surface area contributed by atoms with Gasteiger partial charge in [-0.2, -0.15) is 9.97 Å². The zero-order valence-corrected chi connectivity index (χ0v) is 56.9. The molecule has 0 bridgehead atoms. The lowest BCUT2D eigenvalue weighted by atomic mass is 9.97. The molecule has 103 heavy (non-hydrogen) atoms. The van der Waals surface area contributed by atoms with E-state index in [4.69, 9.17) is 30.4 Å². The molecule has 8 heterocycles. The summed E-state index contributed by atoms with van der Waals surface area (Å²) in [6, 6.07) is 98.6. The number of hydrogen-bond acceptors (Lipinski definition) is 8. The van der Waals surface area contributed by atoms with Crippen molar-refractivity contribution in [3.63, 3.8) is 0 Å². The van der Waals surface area contributed by atoms with E-state index in [1.165, 1.54) is 127 Å². The molecule has 0 spiro atoms. The van der Waals surface area contributed by atoms with Gasteiger partial charge >= 0.3 is 0 Å². The minimum atomic E-state index is 0.181. The molecule has 0 fully saturated rings. The predicted octanol–water partition coefficient (Wildman–Crippen LogP) is 26.5. The van der Waals surface area contributed by atoms with E-state index in [0.29, 0.717) is 17.4 Å². The van der Waals surface area contributed by atoms with Gasteiger partial charge in [-0.25, -0.2) is 9.97 Å². The Bertz CT molecular complexity index is 7680. The summed E-state index contributed by atoms with van der Waals surface area (Å²) >= 11 is 9.94. The zero-order valence-electron chi connectivity index (χ0n) is 54.5. The highest BCUT2D eigenvalue weighted by Crippen LogP contribution is 2.50. The standard InChI is InChI=1S/C46H25N3OS.C24H13ClN2O.C22H12NS/c1-2-12-29-26(11-1)21-22-27-25-28(23-24-30(27)29)42-41-34-16-6-9-19-37(34)50-45(41)48-46(47-42)49-36-18-8-5-15-33(36)39-31-13-3-4-14-32(31)40-35-17-7-10-20-38(35)51-44(40)43(39)49;25-24-26-22(21-19-7-3-4-8-20(19)28-23(21)27-24)16-11-12-18-15(13-16)10-9-14-5-1-2-6-17(14)18;1-2-8-14-13(7-1)19-15-9-3-5-11-17(15)23-21(19)22-20(14)16-10-4-6-12-18(16)24-22/h1-25H;1-13H;1-4,6-12,23H/q;;+1. The second-order valence-electron chi connectivity index (χ2n) is 26.3. The van der Waals surface area contributed by atoms with E-state index in [9.17, 15) is 0 Å². The fourth-order valence-corrected chi connectivity index (χ4v) is 19.0. The Morgan fingerprint density at radius 2 is 0.825 bits per heavy atom. The fourth-order valence-electron chi connectivity index (χ4n) is 16.3. The molecule has 1 aliphatic carbocycles. The van der Waals surface area contributed by atoms with Crippen molar-refractivity contribution in [2.45, 2.75) is 0 Å². The largest absolute Gasteiger partial charge is 0.438 e. The van der Waals surface area contributed by atoms with Gasteiger partial charge < -0.3 is 8.83 Å². The third kappa shape index (κ3) is 8.80. The molecule has 0 atom stereocenters. The highest BCUT2D eigenvalue weighted by atomic mass is 35.5. The van der Waals surface area contributed by atoms with E-state index in [2.05, 4.69) is 274 Å². The number of fused-ring (bicyclic) bond motifs is 32. The van der Waals surface area contributed by atoms with Crippen LogP contribution in [0.25, 0.3) is 222 Å². The van der Waals surface area contributed by atoms with Gasteiger partial charge in [0, 0.05) is 75.1 Å². The number of para-hydroxylation sites is 3. The summed E-state index contributed by atoms with van der Waals surface area (Å²) < 4.78 is 19.9. The van der Waals surface area contributed by atoms with E-state index < -0.39 is 0 Å². The van der Waals surface area contributed by atoms with Crippen molar-refractivity contribution < 1.29 is 8.83 Å². The summed E-state index contributed by atoms with van der Waals surface area (Å²) in [7, 11) is 0. The summed E-state index contributed by atoms with van der Waals surface area (Å²) in [4.78, 5) is 23.3. The Balaban J connectivity index is 0.000000108. The average Bonchev–Trinajstić information content (AvgIpc) is 1.54. The van der Waals surface area contributed by atoms with Crippen molar-refractivity contribution in [3.05, 3.63) is 308 Å². The third-order valence-corrected chi connectivity index (χ3v) is 23.3. The van der Waals surface area contributed by atoms with Crippen LogP contribution in [0, 0.1) is 6.08 Å². The first-order valence-electron chi connectivity index (χ1n) is 34.3. The molecule has 0 aliphatic heterocycles. The van der Waals surface area contributed by atoms with Crippen molar-refractivity contribution in [1.29, 1.82) is 0 Å². The number of allylic oxidation sites excluding steroid dienone is 2. The first kappa shape index (κ1) is 57.9. The second kappa shape index (κ2) is 22.5. The SMILES string of the molecule is Clc1nc(-c2ccc3c(ccc4ccccc43)c2)c2c(n1)oc1ccccc12.[C+]1=Cc2[nH]c3c4sc5ccccc5c4c4ccccc4c3c2C=C1.c1ccc2c(c1)ccc1cc(-c3nc(-n4c5ccccc5c5c6ccccc6c6c7ccccc7sc6c54)nc4oc5ccccc5c34)ccc12. The summed E-state index contributed by atoms with van der Waals surface area (Å²) in [6.07, 6.45) is 9.40. The molecular weight excluding hydrogens is 1320 g/mol. The van der Waals surface area contributed by atoms with Crippen LogP contribution in [0.4, 0.5) is 0 Å². The maximum absolute atomic E-state index is 6.57. The molecule has 23 aromatic rings. The summed E-state index contributed by atoms with van der Waals surface area (Å²) in [6.45, 7) is 0. The van der Waals surface area contributed by atoms with Crippen LogP contribution in [0.15, 0.2) is 294 Å². The van der Waals surface area contributed by atoms with E-state index in [1.807, 2.05) is 71.2 Å². The number of aromatic nitrogens is 6. The maximum Gasteiger partial charge on any atom is 0.238 e. The van der Waals surface area contributed by atoms with Gasteiger partial charge in [-0.1, -0.05) is 237 Å². The number of furan rings is 2. The Hall–Kier alpha value is -12.9. The monoisotopic (exact) mass is 1370 g/mol. The molecule has 0 unspecified atom stereocenters. The maximum atomic E-state index is 6.57. The Kier molecular flexibility index (Phi) is 12.7. The van der Waals surface area contributed by atoms with Crippen LogP contribution in [0.2, 0.25) is 5.28 Å². The highest BCUT2D eigenvalue weighted by molar-refractivity contribution is 7.27. The highest BCUT2D eigenvalue weighted by Gasteiger charge is 2.28. The summed E-state index contributed by atoms with van der Waals surface area (Å²) in [5, 5.41) is 27.8. The molecule has 11 heteroatoms. The molecule has 0 radical (unpaired) electrons. The van der Waals surface area contributed by atoms with Gasteiger partial charge in [-0.15, -0.1) is 22.7 Å². The quantitative estimate of drug-likeness (QED) is 0.107. The molecule has 1 aliphatic rings. The van der Waals surface area contributed by atoms with Gasteiger partial charge in [0.2, 0.25) is 22.7 Å². The first-order valence-corrected chi connectivity index (χ1v) is 36.3. The minimum absolute atomic E-state index is 0.181. The van der Waals surface area contributed by atoms with Gasteiger partial charge in [-0.05, 0) is 119 Å². The number of rotatable bonds is 3. The van der Waals surface area contributed by atoms with Crippen LogP contribution < -0.4 is 0 Å². The number of hydrogen-bond donors (Lipinski definition) is 1. The van der Waals surface area contributed by atoms with Gasteiger partial charge in [0.15, 0.2) is 5.69 Å². The predicted molar refractivity (Wildman–Crippen MR) is 435 cm³/mol. The normalized spacial score (nSPS) is 12.4.